The number of nitrogens with one attached hydrogen (secondary N) is 1. The summed E-state index contributed by atoms with van der Waals surface area (Å²) >= 11 is 0. The summed E-state index contributed by atoms with van der Waals surface area (Å²) < 4.78 is 2.15. The first kappa shape index (κ1) is 11.8. The van der Waals surface area contributed by atoms with Gasteiger partial charge in [0.2, 0.25) is 0 Å². The summed E-state index contributed by atoms with van der Waals surface area (Å²) in [4.78, 5) is 0. The fourth-order valence-electron chi connectivity index (χ4n) is 2.05. The van der Waals surface area contributed by atoms with Crippen LogP contribution in [0.1, 0.15) is 24.6 Å². The third-order valence-corrected chi connectivity index (χ3v) is 3.05. The lowest BCUT2D eigenvalue weighted by atomic mass is 10.1. The van der Waals surface area contributed by atoms with Crippen LogP contribution in [0.25, 0.3) is 0 Å². The first-order valence-corrected chi connectivity index (χ1v) is 6.23. The fraction of sp³-hybridized carbons (Fsp3) is 0.333. The van der Waals surface area contributed by atoms with Gasteiger partial charge in [0, 0.05) is 24.6 Å². The predicted octanol–water partition coefficient (Wildman–Crippen LogP) is 3.59. The minimum atomic E-state index is 0.879. The van der Waals surface area contributed by atoms with Crippen LogP contribution in [-0.4, -0.2) is 4.57 Å². The smallest absolute Gasteiger partial charge is 0.0553 e. The van der Waals surface area contributed by atoms with Crippen molar-refractivity contribution >= 4 is 5.69 Å². The molecule has 0 spiro atoms. The molecule has 0 aliphatic carbocycles. The van der Waals surface area contributed by atoms with E-state index in [0.717, 1.165) is 13.0 Å². The highest BCUT2D eigenvalue weighted by Gasteiger charge is 2.01. The Morgan fingerprint density at radius 2 is 1.94 bits per heavy atom. The van der Waals surface area contributed by atoms with Gasteiger partial charge in [-0.05, 0) is 30.2 Å². The van der Waals surface area contributed by atoms with Gasteiger partial charge in [0.1, 0.15) is 0 Å². The van der Waals surface area contributed by atoms with E-state index in [9.17, 15) is 0 Å². The summed E-state index contributed by atoms with van der Waals surface area (Å²) in [6, 6.07) is 12.8. The SMILES string of the molecule is CCCc1ccccc1NCc1cccn1C. The van der Waals surface area contributed by atoms with Gasteiger partial charge in [-0.1, -0.05) is 31.5 Å². The third kappa shape index (κ3) is 2.90. The van der Waals surface area contributed by atoms with E-state index >= 15 is 0 Å². The van der Waals surface area contributed by atoms with Crippen molar-refractivity contribution in [1.29, 1.82) is 0 Å². The van der Waals surface area contributed by atoms with E-state index in [1.807, 2.05) is 0 Å². The standard InChI is InChI=1S/C15H20N2/c1-3-7-13-8-4-5-10-15(13)16-12-14-9-6-11-17(14)2/h4-6,8-11,16H,3,7,12H2,1-2H3. The van der Waals surface area contributed by atoms with Crippen LogP contribution >= 0.6 is 0 Å². The highest BCUT2D eigenvalue weighted by atomic mass is 15.0. The second-order valence-electron chi connectivity index (χ2n) is 4.37. The number of aromatic nitrogens is 1. The summed E-state index contributed by atoms with van der Waals surface area (Å²) in [5, 5.41) is 3.52. The minimum absolute atomic E-state index is 0.879. The Bertz CT molecular complexity index is 471. The molecule has 0 amide bonds. The van der Waals surface area contributed by atoms with Crippen LogP contribution in [0.3, 0.4) is 0 Å². The van der Waals surface area contributed by atoms with Gasteiger partial charge in [0.15, 0.2) is 0 Å². The fourth-order valence-corrected chi connectivity index (χ4v) is 2.05. The van der Waals surface area contributed by atoms with Crippen LogP contribution in [-0.2, 0) is 20.0 Å². The Kier molecular flexibility index (Phi) is 3.86. The first-order valence-electron chi connectivity index (χ1n) is 6.23. The van der Waals surface area contributed by atoms with Crippen molar-refractivity contribution in [3.05, 3.63) is 53.9 Å². The number of aryl methyl sites for hydroxylation is 2. The van der Waals surface area contributed by atoms with E-state index < -0.39 is 0 Å². The Balaban J connectivity index is 2.06. The molecular weight excluding hydrogens is 208 g/mol. The van der Waals surface area contributed by atoms with Crippen molar-refractivity contribution < 1.29 is 0 Å². The van der Waals surface area contributed by atoms with Gasteiger partial charge in [-0.25, -0.2) is 0 Å². The molecule has 0 saturated carbocycles. The summed E-state index contributed by atoms with van der Waals surface area (Å²) in [5.41, 5.74) is 3.97. The molecule has 90 valence electrons. The molecule has 2 heteroatoms. The molecule has 1 aromatic carbocycles. The van der Waals surface area contributed by atoms with E-state index in [1.165, 1.54) is 23.4 Å². The van der Waals surface area contributed by atoms with E-state index in [4.69, 9.17) is 0 Å². The number of nitrogens with zero attached hydrogens (tertiary/aromatic N) is 1. The largest absolute Gasteiger partial charge is 0.379 e. The van der Waals surface area contributed by atoms with Crippen molar-refractivity contribution in [2.45, 2.75) is 26.3 Å². The molecule has 0 fully saturated rings. The molecule has 0 saturated heterocycles. The third-order valence-electron chi connectivity index (χ3n) is 3.05. The van der Waals surface area contributed by atoms with Gasteiger partial charge < -0.3 is 9.88 Å². The molecule has 1 N–H and O–H groups in total. The molecular formula is C15H20N2. The number of anilines is 1. The highest BCUT2D eigenvalue weighted by Crippen LogP contribution is 2.17. The van der Waals surface area contributed by atoms with Gasteiger partial charge in [-0.15, -0.1) is 0 Å². The Morgan fingerprint density at radius 1 is 1.12 bits per heavy atom. The number of hydrogen-bond acceptors (Lipinski definition) is 1. The van der Waals surface area contributed by atoms with Gasteiger partial charge in [-0.2, -0.15) is 0 Å². The normalized spacial score (nSPS) is 10.5. The topological polar surface area (TPSA) is 17.0 Å². The number of hydrogen-bond donors (Lipinski definition) is 1. The average Bonchev–Trinajstić information content (AvgIpc) is 2.74. The number of para-hydroxylation sites is 1. The van der Waals surface area contributed by atoms with Crippen LogP contribution in [0.15, 0.2) is 42.6 Å². The number of benzene rings is 1. The van der Waals surface area contributed by atoms with Crippen molar-refractivity contribution in [3.8, 4) is 0 Å². The maximum absolute atomic E-state index is 3.52. The number of rotatable bonds is 5. The average molecular weight is 228 g/mol. The molecule has 1 aromatic heterocycles. The maximum atomic E-state index is 3.52. The lowest BCUT2D eigenvalue weighted by Crippen LogP contribution is -2.05. The zero-order chi connectivity index (χ0) is 12.1. The molecule has 0 atom stereocenters. The molecule has 0 aliphatic heterocycles. The van der Waals surface area contributed by atoms with Crippen LogP contribution in [0.4, 0.5) is 5.69 Å². The molecule has 2 aromatic rings. The molecule has 0 aliphatic rings. The molecule has 0 unspecified atom stereocenters. The zero-order valence-electron chi connectivity index (χ0n) is 10.6. The summed E-state index contributed by atoms with van der Waals surface area (Å²) in [6.45, 7) is 3.10. The Labute approximate surface area is 103 Å². The second kappa shape index (κ2) is 5.58. The van der Waals surface area contributed by atoms with Gasteiger partial charge >= 0.3 is 0 Å². The monoisotopic (exact) mass is 228 g/mol. The van der Waals surface area contributed by atoms with Gasteiger partial charge in [0.05, 0.1) is 6.54 Å². The highest BCUT2D eigenvalue weighted by molar-refractivity contribution is 5.51. The van der Waals surface area contributed by atoms with Crippen molar-refractivity contribution in [2.24, 2.45) is 7.05 Å². The van der Waals surface area contributed by atoms with Crippen LogP contribution < -0.4 is 5.32 Å². The summed E-state index contributed by atoms with van der Waals surface area (Å²) in [6.07, 6.45) is 4.40. The minimum Gasteiger partial charge on any atom is -0.379 e. The predicted molar refractivity (Wildman–Crippen MR) is 73.2 cm³/mol. The van der Waals surface area contributed by atoms with Crippen molar-refractivity contribution in [2.75, 3.05) is 5.32 Å². The van der Waals surface area contributed by atoms with Gasteiger partial charge in [-0.3, -0.25) is 0 Å². The van der Waals surface area contributed by atoms with Crippen LogP contribution in [0.5, 0.6) is 0 Å². The Morgan fingerprint density at radius 3 is 2.65 bits per heavy atom. The summed E-state index contributed by atoms with van der Waals surface area (Å²) in [5.74, 6) is 0. The van der Waals surface area contributed by atoms with Crippen molar-refractivity contribution in [1.82, 2.24) is 4.57 Å². The van der Waals surface area contributed by atoms with E-state index in [2.05, 4.69) is 66.5 Å². The van der Waals surface area contributed by atoms with E-state index in [-0.39, 0.29) is 0 Å². The molecule has 0 bridgehead atoms. The molecule has 2 nitrogen and oxygen atoms in total. The summed E-state index contributed by atoms with van der Waals surface area (Å²) in [7, 11) is 2.08. The Hall–Kier alpha value is -1.70. The maximum Gasteiger partial charge on any atom is 0.0553 e. The van der Waals surface area contributed by atoms with Crippen LogP contribution in [0.2, 0.25) is 0 Å². The second-order valence-corrected chi connectivity index (χ2v) is 4.37. The molecule has 0 radical (unpaired) electrons. The lowest BCUT2D eigenvalue weighted by Gasteiger charge is -2.12. The molecule has 17 heavy (non-hydrogen) atoms. The molecule has 1 heterocycles. The lowest BCUT2D eigenvalue weighted by molar-refractivity contribution is 0.840. The quantitative estimate of drug-likeness (QED) is 0.827. The van der Waals surface area contributed by atoms with E-state index in [1.54, 1.807) is 0 Å². The first-order chi connectivity index (χ1) is 8.31. The zero-order valence-corrected chi connectivity index (χ0v) is 10.6. The van der Waals surface area contributed by atoms with Crippen molar-refractivity contribution in [3.63, 3.8) is 0 Å². The van der Waals surface area contributed by atoms with Gasteiger partial charge in [0.25, 0.3) is 0 Å². The van der Waals surface area contributed by atoms with Crippen LogP contribution in [0, 0.1) is 0 Å². The van der Waals surface area contributed by atoms with E-state index in [0.29, 0.717) is 0 Å². The molecule has 2 rings (SSSR count).